The van der Waals surface area contributed by atoms with Gasteiger partial charge >= 0.3 is 4.87 Å². The van der Waals surface area contributed by atoms with Crippen molar-refractivity contribution in [3.05, 3.63) is 72.5 Å². The Morgan fingerprint density at radius 1 is 1.30 bits per heavy atom. The van der Waals surface area contributed by atoms with Crippen LogP contribution in [0.4, 0.5) is 4.39 Å². The van der Waals surface area contributed by atoms with Crippen LogP contribution in [0.15, 0.2) is 47.0 Å². The minimum atomic E-state index is -0.199. The van der Waals surface area contributed by atoms with Gasteiger partial charge in [0.25, 0.3) is 5.91 Å². The van der Waals surface area contributed by atoms with Gasteiger partial charge in [-0.1, -0.05) is 59.7 Å². The zero-order chi connectivity index (χ0) is 27.2. The average molecular weight is 573 g/mol. The lowest BCUT2D eigenvalue weighted by molar-refractivity contribution is 0.0938. The number of aromatic nitrogens is 1. The molecule has 2 aromatic rings. The van der Waals surface area contributed by atoms with Crippen molar-refractivity contribution in [3.63, 3.8) is 0 Å². The number of nitrogens with zero attached hydrogens (tertiary/aromatic N) is 1. The smallest absolute Gasteiger partial charge is 0.305 e. The van der Waals surface area contributed by atoms with Gasteiger partial charge in [0.15, 0.2) is 0 Å². The summed E-state index contributed by atoms with van der Waals surface area (Å²) >= 11 is 13.0. The molecule has 6 nitrogen and oxygen atoms in total. The van der Waals surface area contributed by atoms with Gasteiger partial charge in [-0.25, -0.2) is 4.39 Å². The number of H-pyrrole nitrogens is 1. The number of carbonyl (C=O) groups is 1. The Morgan fingerprint density at radius 2 is 2.03 bits per heavy atom. The van der Waals surface area contributed by atoms with Gasteiger partial charge in [-0.15, -0.1) is 0 Å². The summed E-state index contributed by atoms with van der Waals surface area (Å²) in [6.45, 7) is 8.65. The standard InChI is InChI=1S/C22H27Cl2N3O3S.C5H9F/c1-2-3-5-19-20(31-22(29)26-19)21(28)25-10-4-11-27-12-8-15(9-13-27)30-16-6-7-17(23)18(24)14-16;1-3-4-5(2)6/h2-3,6-7,14-15H,4-5,8-13H2,1H3,(H,25,28)(H,26,29);4H,3H2,1-2H3/b3-2-;5-4+. The van der Waals surface area contributed by atoms with Crippen molar-refractivity contribution < 1.29 is 13.9 Å². The molecule has 0 spiro atoms. The largest absolute Gasteiger partial charge is 0.490 e. The first-order chi connectivity index (χ1) is 17.7. The third-order valence-electron chi connectivity index (χ3n) is 5.64. The third-order valence-corrected chi connectivity index (χ3v) is 7.30. The number of allylic oxidation sites excluding steroid dienone is 4. The van der Waals surface area contributed by atoms with Crippen molar-refractivity contribution in [3.8, 4) is 5.75 Å². The summed E-state index contributed by atoms with van der Waals surface area (Å²) in [4.78, 5) is 29.4. The van der Waals surface area contributed by atoms with Crippen molar-refractivity contribution in [1.82, 2.24) is 15.2 Å². The van der Waals surface area contributed by atoms with E-state index in [9.17, 15) is 14.0 Å². The van der Waals surface area contributed by atoms with Crippen LogP contribution in [0.2, 0.25) is 10.0 Å². The van der Waals surface area contributed by atoms with Crippen LogP contribution < -0.4 is 14.9 Å². The predicted molar refractivity (Wildman–Crippen MR) is 152 cm³/mol. The molecule has 0 bridgehead atoms. The Balaban J connectivity index is 0.000000717. The van der Waals surface area contributed by atoms with Gasteiger partial charge < -0.3 is 19.9 Å². The molecule has 37 heavy (non-hydrogen) atoms. The zero-order valence-electron chi connectivity index (χ0n) is 21.6. The molecule has 3 rings (SSSR count). The van der Waals surface area contributed by atoms with E-state index in [-0.39, 0.29) is 22.7 Å². The Labute approximate surface area is 232 Å². The van der Waals surface area contributed by atoms with Gasteiger partial charge in [-0.3, -0.25) is 9.59 Å². The number of hydrogen-bond donors (Lipinski definition) is 2. The van der Waals surface area contributed by atoms with Crippen LogP contribution in [0, 0.1) is 0 Å². The molecule has 2 N–H and O–H groups in total. The van der Waals surface area contributed by atoms with Crippen molar-refractivity contribution >= 4 is 40.4 Å². The lowest BCUT2D eigenvalue weighted by Gasteiger charge is -2.32. The summed E-state index contributed by atoms with van der Waals surface area (Å²) in [5, 5.41) is 3.96. The Hall–Kier alpha value is -2.13. The van der Waals surface area contributed by atoms with E-state index in [4.69, 9.17) is 27.9 Å². The summed E-state index contributed by atoms with van der Waals surface area (Å²) in [5.41, 5.74) is 0.676. The SMILES string of the molecule is C/C=C\Cc1[nH]c(=O)sc1C(=O)NCCCN1CCC(Oc2ccc(Cl)c(Cl)c2)CC1.CC/C=C(\C)F. The number of rotatable bonds is 10. The van der Waals surface area contributed by atoms with Crippen LogP contribution in [-0.4, -0.2) is 48.1 Å². The number of hydrogen-bond acceptors (Lipinski definition) is 5. The number of likely N-dealkylation sites (tertiary alicyclic amines) is 1. The minimum Gasteiger partial charge on any atom is -0.490 e. The van der Waals surface area contributed by atoms with Crippen molar-refractivity contribution in [2.75, 3.05) is 26.2 Å². The predicted octanol–water partition coefficient (Wildman–Crippen LogP) is 6.79. The molecule has 204 valence electrons. The summed E-state index contributed by atoms with van der Waals surface area (Å²) in [7, 11) is 0. The molecule has 0 atom stereocenters. The fourth-order valence-corrected chi connectivity index (χ4v) is 4.85. The second-order valence-corrected chi connectivity index (χ2v) is 10.4. The molecule has 1 aliphatic heterocycles. The molecule has 0 radical (unpaired) electrons. The van der Waals surface area contributed by atoms with Crippen LogP contribution in [0.1, 0.15) is 61.8 Å². The van der Waals surface area contributed by atoms with E-state index in [0.717, 1.165) is 62.4 Å². The summed E-state index contributed by atoms with van der Waals surface area (Å²) in [5.74, 6) is 0.477. The van der Waals surface area contributed by atoms with E-state index in [1.165, 1.54) is 6.92 Å². The van der Waals surface area contributed by atoms with E-state index in [0.29, 0.717) is 33.6 Å². The average Bonchev–Trinajstić information content (AvgIpc) is 3.24. The molecule has 10 heteroatoms. The first-order valence-corrected chi connectivity index (χ1v) is 14.1. The maximum absolute atomic E-state index is 12.4. The van der Waals surface area contributed by atoms with Crippen molar-refractivity contribution in [2.45, 2.75) is 59.0 Å². The highest BCUT2D eigenvalue weighted by atomic mass is 35.5. The molecule has 1 aromatic heterocycles. The first kappa shape index (κ1) is 31.1. The molecule has 0 saturated carbocycles. The van der Waals surface area contributed by atoms with E-state index in [1.807, 2.05) is 32.1 Å². The number of carbonyl (C=O) groups excluding carboxylic acids is 1. The molecule has 1 fully saturated rings. The van der Waals surface area contributed by atoms with Gasteiger partial charge in [0.1, 0.15) is 16.7 Å². The number of thiazole rings is 1. The molecule has 1 saturated heterocycles. The Kier molecular flexibility index (Phi) is 14.0. The fraction of sp³-hybridized carbons (Fsp3) is 0.481. The van der Waals surface area contributed by atoms with Crippen LogP contribution in [-0.2, 0) is 6.42 Å². The number of ether oxygens (including phenoxy) is 1. The number of piperidine rings is 1. The highest BCUT2D eigenvalue weighted by Gasteiger charge is 2.21. The first-order valence-electron chi connectivity index (χ1n) is 12.5. The maximum Gasteiger partial charge on any atom is 0.305 e. The zero-order valence-corrected chi connectivity index (χ0v) is 23.9. The number of benzene rings is 1. The second kappa shape index (κ2) is 16.7. The summed E-state index contributed by atoms with van der Waals surface area (Å²) in [6, 6.07) is 5.34. The topological polar surface area (TPSA) is 74.4 Å². The molecule has 0 unspecified atom stereocenters. The molecular weight excluding hydrogens is 536 g/mol. The van der Waals surface area contributed by atoms with E-state index < -0.39 is 0 Å². The minimum absolute atomic E-state index is 0.0856. The quantitative estimate of drug-likeness (QED) is 0.243. The van der Waals surface area contributed by atoms with E-state index in [2.05, 4.69) is 15.2 Å². The summed E-state index contributed by atoms with van der Waals surface area (Å²) in [6.07, 6.45) is 9.61. The lowest BCUT2D eigenvalue weighted by Crippen LogP contribution is -2.39. The fourth-order valence-electron chi connectivity index (χ4n) is 3.78. The third kappa shape index (κ3) is 11.4. The molecular formula is C27H36Cl2FN3O3S. The van der Waals surface area contributed by atoms with E-state index in [1.54, 1.807) is 18.2 Å². The molecule has 1 aromatic carbocycles. The number of nitrogens with one attached hydrogen (secondary N) is 2. The number of amides is 1. The van der Waals surface area contributed by atoms with Crippen LogP contribution in [0.25, 0.3) is 0 Å². The second-order valence-electron chi connectivity index (χ2n) is 8.64. The monoisotopic (exact) mass is 571 g/mol. The number of aromatic amines is 1. The molecule has 0 aliphatic carbocycles. The maximum atomic E-state index is 12.4. The highest BCUT2D eigenvalue weighted by Crippen LogP contribution is 2.28. The Bertz CT molecular complexity index is 1100. The molecule has 2 heterocycles. The highest BCUT2D eigenvalue weighted by molar-refractivity contribution is 7.11. The van der Waals surface area contributed by atoms with E-state index >= 15 is 0 Å². The Morgan fingerprint density at radius 3 is 2.62 bits per heavy atom. The van der Waals surface area contributed by atoms with Gasteiger partial charge in [-0.2, -0.15) is 0 Å². The number of halogens is 3. The van der Waals surface area contributed by atoms with Gasteiger partial charge in [-0.05, 0) is 58.2 Å². The normalized spacial score (nSPS) is 14.9. The van der Waals surface area contributed by atoms with Crippen molar-refractivity contribution in [1.29, 1.82) is 0 Å². The van der Waals surface area contributed by atoms with Crippen LogP contribution in [0.5, 0.6) is 5.75 Å². The van der Waals surface area contributed by atoms with Crippen molar-refractivity contribution in [2.24, 2.45) is 0 Å². The lowest BCUT2D eigenvalue weighted by atomic mass is 10.1. The van der Waals surface area contributed by atoms with Gasteiger partial charge in [0.05, 0.1) is 15.9 Å². The van der Waals surface area contributed by atoms with Crippen LogP contribution >= 0.6 is 34.5 Å². The molecule has 1 amide bonds. The summed E-state index contributed by atoms with van der Waals surface area (Å²) < 4.78 is 17.6. The van der Waals surface area contributed by atoms with Crippen LogP contribution in [0.3, 0.4) is 0 Å². The molecule has 1 aliphatic rings. The van der Waals surface area contributed by atoms with Gasteiger partial charge in [0.2, 0.25) is 0 Å². The van der Waals surface area contributed by atoms with Gasteiger partial charge in [0, 0.05) is 37.8 Å².